The molecule has 5 nitrogen and oxygen atoms in total. The molecular weight excluding hydrogens is 250 g/mol. The van der Waals surface area contributed by atoms with Gasteiger partial charge >= 0.3 is 0 Å². The molecular formula is C12H16ClN5. The van der Waals surface area contributed by atoms with Gasteiger partial charge in [0.15, 0.2) is 5.82 Å². The van der Waals surface area contributed by atoms with Crippen LogP contribution in [0.5, 0.6) is 0 Å². The summed E-state index contributed by atoms with van der Waals surface area (Å²) < 4.78 is 1.99. The van der Waals surface area contributed by atoms with Gasteiger partial charge in [-0.15, -0.1) is 10.2 Å². The van der Waals surface area contributed by atoms with Crippen LogP contribution in [0.3, 0.4) is 0 Å². The van der Waals surface area contributed by atoms with E-state index in [0.29, 0.717) is 10.7 Å². The molecule has 0 aliphatic rings. The first-order chi connectivity index (χ1) is 8.67. The Morgan fingerprint density at radius 3 is 2.72 bits per heavy atom. The van der Waals surface area contributed by atoms with Crippen LogP contribution in [-0.2, 0) is 6.54 Å². The Bertz CT molecular complexity index is 549. The van der Waals surface area contributed by atoms with E-state index in [9.17, 15) is 0 Å². The van der Waals surface area contributed by atoms with E-state index in [2.05, 4.69) is 15.5 Å². The molecule has 96 valence electrons. The molecule has 0 spiro atoms. The number of rotatable bonds is 4. The van der Waals surface area contributed by atoms with Crippen LogP contribution in [-0.4, -0.2) is 21.3 Å². The second kappa shape index (κ2) is 5.27. The van der Waals surface area contributed by atoms with Gasteiger partial charge in [0.2, 0.25) is 5.95 Å². The zero-order valence-electron chi connectivity index (χ0n) is 10.4. The maximum Gasteiger partial charge on any atom is 0.224 e. The maximum absolute atomic E-state index is 5.97. The summed E-state index contributed by atoms with van der Waals surface area (Å²) in [7, 11) is 0. The average Bonchev–Trinajstić information content (AvgIpc) is 2.72. The molecule has 0 aliphatic heterocycles. The van der Waals surface area contributed by atoms with Gasteiger partial charge in [0, 0.05) is 29.4 Å². The predicted octanol–water partition coefficient (Wildman–Crippen LogP) is 2.63. The Morgan fingerprint density at radius 2 is 2.11 bits per heavy atom. The minimum absolute atomic E-state index is 0.604. The van der Waals surface area contributed by atoms with E-state index in [1.54, 1.807) is 12.1 Å². The molecule has 0 radical (unpaired) electrons. The topological polar surface area (TPSA) is 68.8 Å². The second-order valence-corrected chi connectivity index (χ2v) is 4.29. The number of hydrogen-bond donors (Lipinski definition) is 2. The first-order valence-corrected chi connectivity index (χ1v) is 6.27. The van der Waals surface area contributed by atoms with E-state index in [-0.39, 0.29) is 0 Å². The van der Waals surface area contributed by atoms with Crippen LogP contribution in [0.15, 0.2) is 18.2 Å². The van der Waals surface area contributed by atoms with Crippen molar-refractivity contribution in [2.24, 2.45) is 0 Å². The molecule has 2 rings (SSSR count). The number of aromatic nitrogens is 3. The highest BCUT2D eigenvalue weighted by atomic mass is 35.5. The standard InChI is InChI=1S/C12H16ClN5/c1-3-15-12-17-16-11(18(12)4-2)9-6-5-8(13)7-10(9)14/h5-7H,3-4,14H2,1-2H3,(H,15,17). The normalized spacial score (nSPS) is 10.6. The lowest BCUT2D eigenvalue weighted by Gasteiger charge is -2.09. The fourth-order valence-corrected chi connectivity index (χ4v) is 2.01. The van der Waals surface area contributed by atoms with Crippen molar-refractivity contribution < 1.29 is 0 Å². The zero-order chi connectivity index (χ0) is 13.1. The van der Waals surface area contributed by atoms with Gasteiger partial charge in [0.25, 0.3) is 0 Å². The van der Waals surface area contributed by atoms with E-state index in [4.69, 9.17) is 17.3 Å². The largest absolute Gasteiger partial charge is 0.398 e. The molecule has 1 aromatic carbocycles. The lowest BCUT2D eigenvalue weighted by Crippen LogP contribution is -2.07. The van der Waals surface area contributed by atoms with Crippen LogP contribution >= 0.6 is 11.6 Å². The van der Waals surface area contributed by atoms with Crippen molar-refractivity contribution >= 4 is 23.2 Å². The number of nitrogens with zero attached hydrogens (tertiary/aromatic N) is 3. The van der Waals surface area contributed by atoms with Crippen molar-refractivity contribution in [3.63, 3.8) is 0 Å². The molecule has 0 fully saturated rings. The third kappa shape index (κ3) is 2.26. The molecule has 0 unspecified atom stereocenters. The van der Waals surface area contributed by atoms with Crippen molar-refractivity contribution in [2.45, 2.75) is 20.4 Å². The van der Waals surface area contributed by atoms with Crippen molar-refractivity contribution in [3.8, 4) is 11.4 Å². The molecule has 1 heterocycles. The van der Waals surface area contributed by atoms with E-state index in [0.717, 1.165) is 30.4 Å². The first kappa shape index (κ1) is 12.7. The van der Waals surface area contributed by atoms with E-state index >= 15 is 0 Å². The highest BCUT2D eigenvalue weighted by Gasteiger charge is 2.14. The summed E-state index contributed by atoms with van der Waals surface area (Å²) in [6.45, 7) is 5.63. The molecule has 0 bridgehead atoms. The van der Waals surface area contributed by atoms with Gasteiger partial charge in [-0.05, 0) is 32.0 Å². The Balaban J connectivity index is 2.50. The van der Waals surface area contributed by atoms with Gasteiger partial charge in [-0.2, -0.15) is 0 Å². The minimum Gasteiger partial charge on any atom is -0.398 e. The lowest BCUT2D eigenvalue weighted by molar-refractivity contribution is 0.770. The molecule has 0 saturated carbocycles. The average molecular weight is 266 g/mol. The van der Waals surface area contributed by atoms with Crippen LogP contribution in [0.1, 0.15) is 13.8 Å². The Hall–Kier alpha value is -1.75. The lowest BCUT2D eigenvalue weighted by atomic mass is 10.1. The Kier molecular flexibility index (Phi) is 3.72. The number of hydrogen-bond acceptors (Lipinski definition) is 4. The summed E-state index contributed by atoms with van der Waals surface area (Å²) >= 11 is 5.90. The van der Waals surface area contributed by atoms with Gasteiger partial charge in [-0.25, -0.2) is 0 Å². The van der Waals surface area contributed by atoms with Crippen LogP contribution in [0.25, 0.3) is 11.4 Å². The van der Waals surface area contributed by atoms with Crippen molar-refractivity contribution in [3.05, 3.63) is 23.2 Å². The van der Waals surface area contributed by atoms with Crippen molar-refractivity contribution in [2.75, 3.05) is 17.6 Å². The summed E-state index contributed by atoms with van der Waals surface area (Å²) in [5.74, 6) is 1.51. The van der Waals surface area contributed by atoms with Gasteiger partial charge in [-0.1, -0.05) is 11.6 Å². The summed E-state index contributed by atoms with van der Waals surface area (Å²) in [5, 5.41) is 12.1. The quantitative estimate of drug-likeness (QED) is 0.834. The Labute approximate surface area is 111 Å². The number of halogens is 1. The SMILES string of the molecule is CCNc1nnc(-c2ccc(Cl)cc2N)n1CC. The molecule has 3 N–H and O–H groups in total. The van der Waals surface area contributed by atoms with Gasteiger partial charge in [0.1, 0.15) is 0 Å². The monoisotopic (exact) mass is 265 g/mol. The van der Waals surface area contributed by atoms with Crippen molar-refractivity contribution in [1.82, 2.24) is 14.8 Å². The zero-order valence-corrected chi connectivity index (χ0v) is 11.2. The number of nitrogens with one attached hydrogen (secondary N) is 1. The molecule has 6 heteroatoms. The summed E-state index contributed by atoms with van der Waals surface area (Å²) in [6.07, 6.45) is 0. The number of nitrogens with two attached hydrogens (primary N) is 1. The molecule has 0 atom stereocenters. The summed E-state index contributed by atoms with van der Waals surface area (Å²) in [6, 6.07) is 5.39. The molecule has 18 heavy (non-hydrogen) atoms. The van der Waals surface area contributed by atoms with Crippen LogP contribution in [0.4, 0.5) is 11.6 Å². The van der Waals surface area contributed by atoms with E-state index in [1.165, 1.54) is 0 Å². The molecule has 1 aromatic heterocycles. The summed E-state index contributed by atoms with van der Waals surface area (Å²) in [4.78, 5) is 0. The number of anilines is 2. The van der Waals surface area contributed by atoms with E-state index < -0.39 is 0 Å². The highest BCUT2D eigenvalue weighted by Crippen LogP contribution is 2.28. The molecule has 0 aliphatic carbocycles. The number of benzene rings is 1. The highest BCUT2D eigenvalue weighted by molar-refractivity contribution is 6.31. The maximum atomic E-state index is 5.97. The van der Waals surface area contributed by atoms with Gasteiger partial charge in [0.05, 0.1) is 0 Å². The van der Waals surface area contributed by atoms with Crippen LogP contribution in [0, 0.1) is 0 Å². The first-order valence-electron chi connectivity index (χ1n) is 5.89. The predicted molar refractivity (Wildman–Crippen MR) is 74.7 cm³/mol. The van der Waals surface area contributed by atoms with Gasteiger partial charge < -0.3 is 11.1 Å². The fraction of sp³-hybridized carbons (Fsp3) is 0.333. The molecule has 2 aromatic rings. The third-order valence-corrected chi connectivity index (χ3v) is 2.89. The second-order valence-electron chi connectivity index (χ2n) is 3.85. The number of nitrogen functional groups attached to an aromatic ring is 1. The molecule has 0 saturated heterocycles. The minimum atomic E-state index is 0.604. The smallest absolute Gasteiger partial charge is 0.224 e. The third-order valence-electron chi connectivity index (χ3n) is 2.66. The summed E-state index contributed by atoms with van der Waals surface area (Å²) in [5.41, 5.74) is 7.42. The van der Waals surface area contributed by atoms with Crippen molar-refractivity contribution in [1.29, 1.82) is 0 Å². The van der Waals surface area contributed by atoms with E-state index in [1.807, 2.05) is 24.5 Å². The van der Waals surface area contributed by atoms with Crippen LogP contribution in [0.2, 0.25) is 5.02 Å². The Morgan fingerprint density at radius 1 is 1.33 bits per heavy atom. The molecule has 0 amide bonds. The van der Waals surface area contributed by atoms with Crippen LogP contribution < -0.4 is 11.1 Å². The fourth-order valence-electron chi connectivity index (χ4n) is 1.83. The van der Waals surface area contributed by atoms with Gasteiger partial charge in [-0.3, -0.25) is 4.57 Å².